The molecule has 21 heavy (non-hydrogen) atoms. The van der Waals surface area contributed by atoms with E-state index in [2.05, 4.69) is 10.6 Å². The topological polar surface area (TPSA) is 41.1 Å². The average molecular weight is 307 g/mol. The second-order valence-electron chi connectivity index (χ2n) is 4.83. The van der Waals surface area contributed by atoms with Gasteiger partial charge in [0.25, 0.3) is 0 Å². The lowest BCUT2D eigenvalue weighted by molar-refractivity contribution is -0.114. The van der Waals surface area contributed by atoms with Crippen molar-refractivity contribution in [2.75, 3.05) is 17.2 Å². The number of amides is 1. The van der Waals surface area contributed by atoms with Crippen LogP contribution in [0.25, 0.3) is 0 Å². The predicted octanol–water partition coefficient (Wildman–Crippen LogP) is 4.15. The zero-order chi connectivity index (χ0) is 15.4. The zero-order valence-corrected chi connectivity index (χ0v) is 12.6. The van der Waals surface area contributed by atoms with Crippen LogP contribution in [0.1, 0.15) is 11.1 Å². The monoisotopic (exact) mass is 306 g/mol. The molecule has 0 saturated carbocycles. The fourth-order valence-electron chi connectivity index (χ4n) is 1.76. The molecule has 0 fully saturated rings. The molecule has 3 nitrogen and oxygen atoms in total. The highest BCUT2D eigenvalue weighted by Gasteiger charge is 2.05. The number of carbonyl (C=O) groups excluding carboxylic acids is 1. The Bertz CT molecular complexity index is 673. The summed E-state index contributed by atoms with van der Waals surface area (Å²) in [4.78, 5) is 11.8. The van der Waals surface area contributed by atoms with Gasteiger partial charge in [0, 0.05) is 16.4 Å². The summed E-state index contributed by atoms with van der Waals surface area (Å²) in [6.45, 7) is 3.66. The molecule has 0 aromatic heterocycles. The number of hydrogen-bond donors (Lipinski definition) is 2. The molecule has 0 heterocycles. The van der Waals surface area contributed by atoms with E-state index >= 15 is 0 Å². The molecular formula is C16H16ClFN2O. The standard InChI is InChI=1S/C16H16ClFN2O/c1-10-3-5-12(7-14(10)17)19-9-16(21)20-13-6-4-11(2)15(18)8-13/h3-8,19H,9H2,1-2H3,(H,20,21). The lowest BCUT2D eigenvalue weighted by Gasteiger charge is -2.09. The van der Waals surface area contributed by atoms with Crippen molar-refractivity contribution in [3.63, 3.8) is 0 Å². The smallest absolute Gasteiger partial charge is 0.243 e. The molecule has 2 N–H and O–H groups in total. The molecule has 0 saturated heterocycles. The first kappa shape index (κ1) is 15.3. The summed E-state index contributed by atoms with van der Waals surface area (Å²) in [7, 11) is 0. The highest BCUT2D eigenvalue weighted by molar-refractivity contribution is 6.31. The van der Waals surface area contributed by atoms with Crippen molar-refractivity contribution in [3.8, 4) is 0 Å². The number of hydrogen-bond acceptors (Lipinski definition) is 2. The molecule has 0 unspecified atom stereocenters. The molecule has 2 aromatic rings. The van der Waals surface area contributed by atoms with E-state index in [4.69, 9.17) is 11.6 Å². The van der Waals surface area contributed by atoms with Gasteiger partial charge in [0.15, 0.2) is 0 Å². The van der Waals surface area contributed by atoms with Crippen molar-refractivity contribution in [3.05, 3.63) is 58.4 Å². The van der Waals surface area contributed by atoms with E-state index in [-0.39, 0.29) is 18.3 Å². The number of aryl methyl sites for hydroxylation is 2. The Morgan fingerprint density at radius 2 is 1.76 bits per heavy atom. The van der Waals surface area contributed by atoms with Crippen LogP contribution in [0.2, 0.25) is 5.02 Å². The van der Waals surface area contributed by atoms with Crippen LogP contribution in [0.4, 0.5) is 15.8 Å². The number of rotatable bonds is 4. The van der Waals surface area contributed by atoms with E-state index in [1.807, 2.05) is 19.1 Å². The van der Waals surface area contributed by atoms with Crippen molar-refractivity contribution in [1.29, 1.82) is 0 Å². The minimum atomic E-state index is -0.342. The molecule has 1 amide bonds. The van der Waals surface area contributed by atoms with Crippen LogP contribution in [0.3, 0.4) is 0 Å². The molecule has 0 aliphatic carbocycles. The van der Waals surface area contributed by atoms with Crippen molar-refractivity contribution in [2.45, 2.75) is 13.8 Å². The Balaban J connectivity index is 1.92. The van der Waals surface area contributed by atoms with Gasteiger partial charge >= 0.3 is 0 Å². The van der Waals surface area contributed by atoms with Crippen LogP contribution in [0.5, 0.6) is 0 Å². The second-order valence-corrected chi connectivity index (χ2v) is 5.24. The summed E-state index contributed by atoms with van der Waals surface area (Å²) >= 11 is 6.01. The molecule has 110 valence electrons. The third kappa shape index (κ3) is 4.20. The van der Waals surface area contributed by atoms with Crippen LogP contribution < -0.4 is 10.6 Å². The van der Waals surface area contributed by atoms with Gasteiger partial charge in [-0.15, -0.1) is 0 Å². The Morgan fingerprint density at radius 3 is 2.43 bits per heavy atom. The Kier molecular flexibility index (Phi) is 4.81. The van der Waals surface area contributed by atoms with Crippen molar-refractivity contribution < 1.29 is 9.18 Å². The van der Waals surface area contributed by atoms with Gasteiger partial charge in [0.1, 0.15) is 5.82 Å². The SMILES string of the molecule is Cc1ccc(NC(=O)CNc2ccc(C)c(Cl)c2)cc1F. The summed E-state index contributed by atoms with van der Waals surface area (Å²) < 4.78 is 13.4. The van der Waals surface area contributed by atoms with E-state index in [0.29, 0.717) is 16.3 Å². The van der Waals surface area contributed by atoms with Crippen LogP contribution >= 0.6 is 11.6 Å². The number of benzene rings is 2. The first-order valence-electron chi connectivity index (χ1n) is 6.52. The van der Waals surface area contributed by atoms with E-state index in [0.717, 1.165) is 11.3 Å². The zero-order valence-electron chi connectivity index (χ0n) is 11.8. The Labute approximate surface area is 128 Å². The van der Waals surface area contributed by atoms with Crippen LogP contribution in [0.15, 0.2) is 36.4 Å². The first-order chi connectivity index (χ1) is 9.95. The molecule has 0 aliphatic rings. The molecule has 0 spiro atoms. The van der Waals surface area contributed by atoms with E-state index in [9.17, 15) is 9.18 Å². The lowest BCUT2D eigenvalue weighted by atomic mass is 10.2. The fourth-order valence-corrected chi connectivity index (χ4v) is 1.94. The van der Waals surface area contributed by atoms with Gasteiger partial charge in [-0.2, -0.15) is 0 Å². The summed E-state index contributed by atoms with van der Waals surface area (Å²) in [6.07, 6.45) is 0. The third-order valence-corrected chi connectivity index (χ3v) is 3.49. The van der Waals surface area contributed by atoms with Gasteiger partial charge < -0.3 is 10.6 Å². The van der Waals surface area contributed by atoms with Gasteiger partial charge in [-0.05, 0) is 49.2 Å². The predicted molar refractivity (Wildman–Crippen MR) is 84.4 cm³/mol. The molecule has 0 bridgehead atoms. The molecule has 0 radical (unpaired) electrons. The fraction of sp³-hybridized carbons (Fsp3) is 0.188. The minimum Gasteiger partial charge on any atom is -0.376 e. The van der Waals surface area contributed by atoms with Gasteiger partial charge in [-0.1, -0.05) is 23.7 Å². The molecule has 2 aromatic carbocycles. The van der Waals surface area contributed by atoms with Crippen molar-refractivity contribution in [1.82, 2.24) is 0 Å². The molecule has 0 atom stereocenters. The number of carbonyl (C=O) groups is 1. The van der Waals surface area contributed by atoms with Crippen LogP contribution in [-0.4, -0.2) is 12.5 Å². The second kappa shape index (κ2) is 6.59. The maximum Gasteiger partial charge on any atom is 0.243 e. The highest BCUT2D eigenvalue weighted by atomic mass is 35.5. The number of halogens is 2. The maximum absolute atomic E-state index is 13.4. The largest absolute Gasteiger partial charge is 0.376 e. The number of nitrogens with one attached hydrogen (secondary N) is 2. The van der Waals surface area contributed by atoms with Crippen molar-refractivity contribution >= 4 is 28.9 Å². The first-order valence-corrected chi connectivity index (χ1v) is 6.89. The quantitative estimate of drug-likeness (QED) is 0.891. The Morgan fingerprint density at radius 1 is 1.10 bits per heavy atom. The minimum absolute atomic E-state index is 0.0783. The van der Waals surface area contributed by atoms with Gasteiger partial charge in [0.05, 0.1) is 6.54 Å². The highest BCUT2D eigenvalue weighted by Crippen LogP contribution is 2.19. The summed E-state index contributed by atoms with van der Waals surface area (Å²) in [5.41, 5.74) is 2.71. The molecule has 0 aliphatic heterocycles. The van der Waals surface area contributed by atoms with Gasteiger partial charge in [0.2, 0.25) is 5.91 Å². The van der Waals surface area contributed by atoms with E-state index in [1.54, 1.807) is 25.1 Å². The molecular weight excluding hydrogens is 291 g/mol. The third-order valence-electron chi connectivity index (χ3n) is 3.08. The van der Waals surface area contributed by atoms with Crippen LogP contribution in [0, 0.1) is 19.7 Å². The van der Waals surface area contributed by atoms with Crippen LogP contribution in [-0.2, 0) is 4.79 Å². The van der Waals surface area contributed by atoms with Crippen molar-refractivity contribution in [2.24, 2.45) is 0 Å². The maximum atomic E-state index is 13.4. The van der Waals surface area contributed by atoms with E-state index in [1.165, 1.54) is 6.07 Å². The lowest BCUT2D eigenvalue weighted by Crippen LogP contribution is -2.21. The summed E-state index contributed by atoms with van der Waals surface area (Å²) in [5.74, 6) is -0.596. The summed E-state index contributed by atoms with van der Waals surface area (Å²) in [6, 6.07) is 10.1. The molecule has 5 heteroatoms. The molecule has 2 rings (SSSR count). The summed E-state index contributed by atoms with van der Waals surface area (Å²) in [5, 5.41) is 6.24. The van der Waals surface area contributed by atoms with Gasteiger partial charge in [-0.25, -0.2) is 4.39 Å². The van der Waals surface area contributed by atoms with Gasteiger partial charge in [-0.3, -0.25) is 4.79 Å². The average Bonchev–Trinajstić information content (AvgIpc) is 2.44. The Hall–Kier alpha value is -2.07. The normalized spacial score (nSPS) is 10.3. The number of anilines is 2. The van der Waals surface area contributed by atoms with E-state index < -0.39 is 0 Å².